The van der Waals surface area contributed by atoms with Crippen molar-refractivity contribution < 1.29 is 14.7 Å². The monoisotopic (exact) mass is 118 g/mol. The Morgan fingerprint density at radius 1 is 1.57 bits per heavy atom. The topological polar surface area (TPSA) is 54.4 Å². The van der Waals surface area contributed by atoms with Gasteiger partial charge in [-0.15, -0.1) is 0 Å². The summed E-state index contributed by atoms with van der Waals surface area (Å²) in [7, 11) is 0. The molecule has 0 aromatic heterocycles. The van der Waals surface area contributed by atoms with Crippen LogP contribution < -0.4 is 0 Å². The number of carbonyl (C=O) groups is 2. The zero-order valence-electron chi connectivity index (χ0n) is 3.25. The van der Waals surface area contributed by atoms with Gasteiger partial charge in [-0.2, -0.15) is 0 Å². The summed E-state index contributed by atoms with van der Waals surface area (Å²) in [5.74, 6) is -2.55. The Kier molecular flexibility index (Phi) is 2.15. The number of carboxylic acids is 1. The summed E-state index contributed by atoms with van der Waals surface area (Å²) in [5.41, 5.74) is 0. The minimum atomic E-state index is -1.50. The summed E-state index contributed by atoms with van der Waals surface area (Å²) in [4.78, 5) is 19.2. The number of aliphatic carboxylic acids is 1. The molecule has 4 heteroatoms. The van der Waals surface area contributed by atoms with E-state index in [4.69, 9.17) is 5.11 Å². The number of ketones is 1. The zero-order valence-corrected chi connectivity index (χ0v) is 4.07. The first-order valence-electron chi connectivity index (χ1n) is 1.41. The fraction of sp³-hybridized carbons (Fsp3) is 0. The molecule has 7 heavy (non-hydrogen) atoms. The third-order valence-electron chi connectivity index (χ3n) is 0.318. The van der Waals surface area contributed by atoms with Crippen molar-refractivity contribution in [3.05, 3.63) is 0 Å². The molecule has 0 spiro atoms. The largest absolute Gasteiger partial charge is 0.475 e. The van der Waals surface area contributed by atoms with Crippen molar-refractivity contribution in [2.45, 2.75) is 0 Å². The molecule has 0 radical (unpaired) electrons. The molecule has 0 saturated heterocycles. The second-order valence-corrected chi connectivity index (χ2v) is 1.02. The Morgan fingerprint density at radius 2 is 2.00 bits per heavy atom. The highest BCUT2D eigenvalue weighted by Gasteiger charge is 2.03. The lowest BCUT2D eigenvalue weighted by Gasteiger charge is -1.74. The Hall–Kier alpha value is -0.770. The molecular formula is C3H2O3S. The first kappa shape index (κ1) is 6.23. The summed E-state index contributed by atoms with van der Waals surface area (Å²) in [5, 5.41) is 8.32. The van der Waals surface area contributed by atoms with Gasteiger partial charge in [-0.1, -0.05) is 12.2 Å². The Morgan fingerprint density at radius 3 is 2.00 bits per heavy atom. The highest BCUT2D eigenvalue weighted by Crippen LogP contribution is 1.63. The second kappa shape index (κ2) is 2.41. The van der Waals surface area contributed by atoms with Crippen LogP contribution in [0.5, 0.6) is 0 Å². The molecule has 0 bridgehead atoms. The van der Waals surface area contributed by atoms with E-state index in [0.717, 1.165) is 0 Å². The SMILES string of the molecule is O=C(O)C(=O)C=S. The summed E-state index contributed by atoms with van der Waals surface area (Å²) in [6, 6.07) is 0. The zero-order chi connectivity index (χ0) is 5.86. The van der Waals surface area contributed by atoms with E-state index in [0.29, 0.717) is 5.37 Å². The lowest BCUT2D eigenvalue weighted by atomic mass is 10.5. The van der Waals surface area contributed by atoms with Crippen molar-refractivity contribution >= 4 is 29.3 Å². The van der Waals surface area contributed by atoms with Crippen LogP contribution in [0.2, 0.25) is 0 Å². The summed E-state index contributed by atoms with van der Waals surface area (Å²) < 4.78 is 0. The van der Waals surface area contributed by atoms with E-state index in [1.165, 1.54) is 0 Å². The average Bonchev–Trinajstić information content (AvgIpc) is 1.65. The number of carboxylic acid groups (broad SMARTS) is 1. The molecule has 3 nitrogen and oxygen atoms in total. The number of thiocarbonyl (C=S) groups is 1. The molecule has 0 atom stereocenters. The van der Waals surface area contributed by atoms with Gasteiger partial charge >= 0.3 is 5.97 Å². The van der Waals surface area contributed by atoms with E-state index in [1.54, 1.807) is 0 Å². The second-order valence-electron chi connectivity index (χ2n) is 0.787. The first-order chi connectivity index (χ1) is 3.18. The van der Waals surface area contributed by atoms with Crippen LogP contribution in [0.25, 0.3) is 0 Å². The van der Waals surface area contributed by atoms with Crippen molar-refractivity contribution in [1.82, 2.24) is 0 Å². The van der Waals surface area contributed by atoms with Crippen LogP contribution in [-0.2, 0) is 9.59 Å². The minimum Gasteiger partial charge on any atom is -0.475 e. The quantitative estimate of drug-likeness (QED) is 0.397. The van der Waals surface area contributed by atoms with Crippen molar-refractivity contribution in [2.24, 2.45) is 0 Å². The van der Waals surface area contributed by atoms with Crippen LogP contribution in [-0.4, -0.2) is 22.2 Å². The lowest BCUT2D eigenvalue weighted by Crippen LogP contribution is -2.11. The van der Waals surface area contributed by atoms with Crippen LogP contribution in [0.4, 0.5) is 0 Å². The molecule has 0 aliphatic heterocycles. The van der Waals surface area contributed by atoms with Gasteiger partial charge in [-0.25, -0.2) is 4.79 Å². The molecule has 1 N–H and O–H groups in total. The maximum absolute atomic E-state index is 9.75. The van der Waals surface area contributed by atoms with Crippen LogP contribution in [0.1, 0.15) is 0 Å². The number of hydrogen-bond acceptors (Lipinski definition) is 3. The van der Waals surface area contributed by atoms with Gasteiger partial charge in [0.15, 0.2) is 0 Å². The van der Waals surface area contributed by atoms with Crippen molar-refractivity contribution in [3.63, 3.8) is 0 Å². The average molecular weight is 118 g/mol. The molecule has 0 heterocycles. The Balaban J connectivity index is 3.81. The number of hydrogen-bond donors (Lipinski definition) is 1. The van der Waals surface area contributed by atoms with E-state index in [-0.39, 0.29) is 0 Å². The summed E-state index contributed by atoms with van der Waals surface area (Å²) >= 11 is 4.00. The van der Waals surface area contributed by atoms with Gasteiger partial charge in [0.1, 0.15) is 0 Å². The predicted molar refractivity (Wildman–Crippen MR) is 26.3 cm³/mol. The van der Waals surface area contributed by atoms with Crippen LogP contribution in [0.3, 0.4) is 0 Å². The first-order valence-corrected chi connectivity index (χ1v) is 1.88. The standard InChI is InChI=1S/C3H2O3S/c4-2(1-7)3(5)6/h1H,(H,5,6). The maximum Gasteiger partial charge on any atom is 0.377 e. The molecule has 0 aromatic rings. The molecule has 38 valence electrons. The van der Waals surface area contributed by atoms with E-state index >= 15 is 0 Å². The third kappa shape index (κ3) is 1.99. The molecule has 0 aromatic carbocycles. The molecular weight excluding hydrogens is 116 g/mol. The molecule has 0 unspecified atom stereocenters. The van der Waals surface area contributed by atoms with Crippen LogP contribution >= 0.6 is 12.2 Å². The Labute approximate surface area is 44.9 Å². The van der Waals surface area contributed by atoms with Gasteiger partial charge < -0.3 is 5.11 Å². The fourth-order valence-corrected chi connectivity index (χ4v) is 0.151. The van der Waals surface area contributed by atoms with Gasteiger partial charge in [-0.05, 0) is 0 Å². The fourth-order valence-electron chi connectivity index (χ4n) is 0.0504. The van der Waals surface area contributed by atoms with Crippen LogP contribution in [0, 0.1) is 0 Å². The minimum absolute atomic E-state index is 0.586. The van der Waals surface area contributed by atoms with Crippen molar-refractivity contribution in [1.29, 1.82) is 0 Å². The highest BCUT2D eigenvalue weighted by molar-refractivity contribution is 7.80. The van der Waals surface area contributed by atoms with Crippen molar-refractivity contribution in [3.8, 4) is 0 Å². The molecule has 0 aliphatic rings. The smallest absolute Gasteiger partial charge is 0.377 e. The van der Waals surface area contributed by atoms with Gasteiger partial charge in [-0.3, -0.25) is 4.79 Å². The maximum atomic E-state index is 9.75. The molecule has 0 rings (SSSR count). The normalized spacial score (nSPS) is 7.43. The van der Waals surface area contributed by atoms with Crippen molar-refractivity contribution in [2.75, 3.05) is 0 Å². The molecule has 0 fully saturated rings. The van der Waals surface area contributed by atoms with E-state index in [9.17, 15) is 9.59 Å². The highest BCUT2D eigenvalue weighted by atomic mass is 32.1. The van der Waals surface area contributed by atoms with E-state index < -0.39 is 11.8 Å². The van der Waals surface area contributed by atoms with E-state index in [2.05, 4.69) is 12.2 Å². The third-order valence-corrected chi connectivity index (χ3v) is 0.532. The number of carbonyl (C=O) groups excluding carboxylic acids is 1. The Bertz CT molecular complexity index is 117. The summed E-state index contributed by atoms with van der Waals surface area (Å²) in [6.07, 6.45) is 0. The molecule has 0 saturated carbocycles. The number of rotatable bonds is 2. The van der Waals surface area contributed by atoms with Crippen LogP contribution in [0.15, 0.2) is 0 Å². The lowest BCUT2D eigenvalue weighted by molar-refractivity contribution is -0.145. The van der Waals surface area contributed by atoms with Gasteiger partial charge in [0.05, 0.1) is 5.37 Å². The summed E-state index contributed by atoms with van der Waals surface area (Å²) in [6.45, 7) is 0. The molecule has 0 aliphatic carbocycles. The van der Waals surface area contributed by atoms with E-state index in [1.807, 2.05) is 0 Å². The number of Topliss-reactive ketones (excluding diaryl/α,β-unsaturated/α-hetero) is 1. The van der Waals surface area contributed by atoms with Gasteiger partial charge in [0.2, 0.25) is 0 Å². The predicted octanol–water partition coefficient (Wildman–Crippen LogP) is -0.360. The molecule has 0 amide bonds. The van der Waals surface area contributed by atoms with Gasteiger partial charge in [0.25, 0.3) is 5.78 Å². The van der Waals surface area contributed by atoms with Gasteiger partial charge in [0, 0.05) is 0 Å².